The minimum atomic E-state index is -4.97. The zero-order chi connectivity index (χ0) is 14.3. The first kappa shape index (κ1) is 14.1. The summed E-state index contributed by atoms with van der Waals surface area (Å²) in [5.41, 5.74) is -1.02. The van der Waals surface area contributed by atoms with Crippen molar-refractivity contribution in [1.29, 1.82) is 0 Å². The van der Waals surface area contributed by atoms with Crippen LogP contribution in [0, 0.1) is 5.92 Å². The molecule has 2 aliphatic rings. The van der Waals surface area contributed by atoms with E-state index in [0.29, 0.717) is 4.90 Å². The molecule has 0 aromatic rings. The second-order valence-electron chi connectivity index (χ2n) is 4.99. The first-order valence-corrected chi connectivity index (χ1v) is 5.96. The Kier molecular flexibility index (Phi) is 3.46. The maximum absolute atomic E-state index is 12.6. The third-order valence-electron chi connectivity index (χ3n) is 3.86. The van der Waals surface area contributed by atoms with Gasteiger partial charge in [-0.1, -0.05) is 0 Å². The van der Waals surface area contributed by atoms with Crippen molar-refractivity contribution in [2.24, 2.45) is 5.92 Å². The average molecular weight is 281 g/mol. The fourth-order valence-electron chi connectivity index (χ4n) is 2.89. The van der Waals surface area contributed by atoms with Gasteiger partial charge in [-0.2, -0.15) is 13.2 Å². The van der Waals surface area contributed by atoms with Gasteiger partial charge in [-0.05, 0) is 19.3 Å². The Morgan fingerprint density at radius 1 is 1.26 bits per heavy atom. The van der Waals surface area contributed by atoms with Crippen LogP contribution in [0.2, 0.25) is 0 Å². The van der Waals surface area contributed by atoms with Crippen LogP contribution < -0.4 is 0 Å². The highest BCUT2D eigenvalue weighted by Crippen LogP contribution is 2.42. The van der Waals surface area contributed by atoms with Gasteiger partial charge in [0.25, 0.3) is 0 Å². The second-order valence-corrected chi connectivity index (χ2v) is 4.99. The van der Waals surface area contributed by atoms with Gasteiger partial charge in [0.2, 0.25) is 0 Å². The van der Waals surface area contributed by atoms with Crippen molar-refractivity contribution in [2.45, 2.75) is 31.0 Å². The molecule has 0 saturated carbocycles. The molecule has 1 spiro atoms. The van der Waals surface area contributed by atoms with Crippen LogP contribution in [0.4, 0.5) is 13.2 Å². The van der Waals surface area contributed by atoms with Crippen molar-refractivity contribution >= 4 is 11.9 Å². The van der Waals surface area contributed by atoms with Gasteiger partial charge in [0.15, 0.2) is 0 Å². The van der Waals surface area contributed by atoms with Crippen LogP contribution in [-0.2, 0) is 14.3 Å². The fraction of sp³-hybridized carbons (Fsp3) is 0.818. The number of carbonyl (C=O) groups excluding carboxylic acids is 1. The van der Waals surface area contributed by atoms with Crippen LogP contribution in [0.1, 0.15) is 19.3 Å². The van der Waals surface area contributed by atoms with Gasteiger partial charge in [-0.15, -0.1) is 0 Å². The highest BCUT2D eigenvalue weighted by molar-refractivity contribution is 5.84. The minimum Gasteiger partial charge on any atom is -0.481 e. The summed E-state index contributed by atoms with van der Waals surface area (Å²) >= 11 is 0. The number of ether oxygens (including phenoxy) is 1. The Bertz CT molecular complexity index is 390. The molecule has 5 nitrogen and oxygen atoms in total. The molecular formula is C11H14F3NO4. The number of hydrogen-bond acceptors (Lipinski definition) is 3. The molecule has 8 heteroatoms. The molecule has 1 unspecified atom stereocenters. The molecule has 0 radical (unpaired) electrons. The number of alkyl halides is 3. The van der Waals surface area contributed by atoms with Gasteiger partial charge in [-0.3, -0.25) is 9.59 Å². The number of rotatable bonds is 1. The van der Waals surface area contributed by atoms with Crippen LogP contribution >= 0.6 is 0 Å². The highest BCUT2D eigenvalue weighted by atomic mass is 19.4. The molecular weight excluding hydrogens is 267 g/mol. The lowest BCUT2D eigenvalue weighted by molar-refractivity contribution is -0.192. The number of nitrogens with zero attached hydrogens (tertiary/aromatic N) is 1. The largest absolute Gasteiger partial charge is 0.481 e. The Morgan fingerprint density at radius 3 is 2.32 bits per heavy atom. The monoisotopic (exact) mass is 281 g/mol. The van der Waals surface area contributed by atoms with Gasteiger partial charge < -0.3 is 14.7 Å². The van der Waals surface area contributed by atoms with E-state index in [4.69, 9.17) is 9.84 Å². The van der Waals surface area contributed by atoms with Gasteiger partial charge in [0.05, 0.1) is 5.92 Å². The van der Waals surface area contributed by atoms with Crippen LogP contribution in [0.5, 0.6) is 0 Å². The van der Waals surface area contributed by atoms with Crippen molar-refractivity contribution in [3.8, 4) is 0 Å². The third kappa shape index (κ3) is 2.54. The molecule has 2 saturated heterocycles. The predicted octanol–water partition coefficient (Wildman–Crippen LogP) is 1.03. The molecule has 0 aromatic heterocycles. The molecule has 2 aliphatic heterocycles. The molecule has 0 aliphatic carbocycles. The lowest BCUT2D eigenvalue weighted by atomic mass is 9.85. The number of carbonyl (C=O) groups is 2. The van der Waals surface area contributed by atoms with Crippen molar-refractivity contribution in [2.75, 3.05) is 19.8 Å². The van der Waals surface area contributed by atoms with Crippen molar-refractivity contribution in [3.05, 3.63) is 0 Å². The van der Waals surface area contributed by atoms with Crippen LogP contribution in [0.25, 0.3) is 0 Å². The zero-order valence-electron chi connectivity index (χ0n) is 10.1. The van der Waals surface area contributed by atoms with Crippen LogP contribution in [0.3, 0.4) is 0 Å². The van der Waals surface area contributed by atoms with E-state index in [1.54, 1.807) is 0 Å². The Hall–Kier alpha value is -1.31. The number of likely N-dealkylation sites (tertiary alicyclic amines) is 1. The molecule has 2 heterocycles. The van der Waals surface area contributed by atoms with E-state index >= 15 is 0 Å². The number of halogens is 3. The van der Waals surface area contributed by atoms with Crippen LogP contribution in [0.15, 0.2) is 0 Å². The molecule has 1 N–H and O–H groups in total. The van der Waals surface area contributed by atoms with E-state index in [-0.39, 0.29) is 39.0 Å². The van der Waals surface area contributed by atoms with Gasteiger partial charge >= 0.3 is 18.1 Å². The third-order valence-corrected chi connectivity index (χ3v) is 3.86. The summed E-state index contributed by atoms with van der Waals surface area (Å²) in [4.78, 5) is 23.2. The Morgan fingerprint density at radius 2 is 1.84 bits per heavy atom. The van der Waals surface area contributed by atoms with Gasteiger partial charge in [-0.25, -0.2) is 0 Å². The summed E-state index contributed by atoms with van der Waals surface area (Å²) in [6, 6.07) is 0. The maximum Gasteiger partial charge on any atom is 0.471 e. The predicted molar refractivity (Wildman–Crippen MR) is 56.3 cm³/mol. The summed E-state index contributed by atoms with van der Waals surface area (Å²) in [5.74, 6) is -4.05. The number of amides is 1. The summed E-state index contributed by atoms with van der Waals surface area (Å²) < 4.78 is 42.9. The molecule has 2 fully saturated rings. The fourth-order valence-corrected chi connectivity index (χ4v) is 2.89. The molecule has 2 rings (SSSR count). The van der Waals surface area contributed by atoms with Crippen molar-refractivity contribution in [3.63, 3.8) is 0 Å². The van der Waals surface area contributed by atoms with E-state index in [9.17, 15) is 22.8 Å². The smallest absolute Gasteiger partial charge is 0.471 e. The number of carboxylic acids is 1. The summed E-state index contributed by atoms with van der Waals surface area (Å²) in [7, 11) is 0. The van der Waals surface area contributed by atoms with E-state index in [0.717, 1.165) is 0 Å². The topological polar surface area (TPSA) is 66.8 Å². The molecule has 108 valence electrons. The first-order valence-electron chi connectivity index (χ1n) is 5.96. The number of carboxylic acid groups (broad SMARTS) is 1. The Balaban J connectivity index is 2.27. The SMILES string of the molecule is O=C(O)C1CN(C(=O)C(F)(F)F)C2(CCOCC2)C1. The standard InChI is InChI=1S/C11H14F3NO4/c12-11(13,14)9(18)15-6-7(8(16)17)5-10(15)1-3-19-4-2-10/h7H,1-6H2,(H,16,17). The zero-order valence-corrected chi connectivity index (χ0v) is 10.1. The lowest BCUT2D eigenvalue weighted by Crippen LogP contribution is -2.54. The molecule has 0 aromatic carbocycles. The van der Waals surface area contributed by atoms with Gasteiger partial charge in [0.1, 0.15) is 0 Å². The maximum atomic E-state index is 12.6. The van der Waals surface area contributed by atoms with E-state index in [2.05, 4.69) is 0 Å². The van der Waals surface area contributed by atoms with Gasteiger partial charge in [0, 0.05) is 25.3 Å². The lowest BCUT2D eigenvalue weighted by Gasteiger charge is -2.41. The Labute approximate surface area is 107 Å². The molecule has 0 bridgehead atoms. The van der Waals surface area contributed by atoms with E-state index < -0.39 is 29.5 Å². The summed E-state index contributed by atoms with van der Waals surface area (Å²) in [6.45, 7) is 0.107. The van der Waals surface area contributed by atoms with Crippen LogP contribution in [-0.4, -0.2) is 53.4 Å². The van der Waals surface area contributed by atoms with E-state index in [1.165, 1.54) is 0 Å². The number of aliphatic carboxylic acids is 1. The summed E-state index contributed by atoms with van der Waals surface area (Å²) in [6.07, 6.45) is -4.41. The normalized spacial score (nSPS) is 26.7. The second kappa shape index (κ2) is 4.66. The van der Waals surface area contributed by atoms with Crippen molar-refractivity contribution in [1.82, 2.24) is 4.90 Å². The van der Waals surface area contributed by atoms with E-state index in [1.807, 2.05) is 0 Å². The molecule has 1 atom stereocenters. The highest BCUT2D eigenvalue weighted by Gasteiger charge is 2.56. The van der Waals surface area contributed by atoms with Crippen molar-refractivity contribution < 1.29 is 32.6 Å². The summed E-state index contributed by atoms with van der Waals surface area (Å²) in [5, 5.41) is 8.98. The minimum absolute atomic E-state index is 0.0630. The number of hydrogen-bond donors (Lipinski definition) is 1. The molecule has 1 amide bonds. The quantitative estimate of drug-likeness (QED) is 0.779. The average Bonchev–Trinajstić information content (AvgIpc) is 2.67. The first-order chi connectivity index (χ1) is 8.76. The molecule has 19 heavy (non-hydrogen) atoms.